The molecule has 1 unspecified atom stereocenters. The molecule has 1 aliphatic carbocycles. The van der Waals surface area contributed by atoms with Crippen LogP contribution in [0.3, 0.4) is 0 Å². The molecule has 1 aromatic carbocycles. The Bertz CT molecular complexity index is 573. The van der Waals surface area contributed by atoms with Gasteiger partial charge in [0.25, 0.3) is 0 Å². The maximum atomic E-state index is 13.3. The van der Waals surface area contributed by atoms with E-state index in [1.54, 1.807) is 12.1 Å². The van der Waals surface area contributed by atoms with Crippen molar-refractivity contribution in [3.8, 4) is 0 Å². The lowest BCUT2D eigenvalue weighted by Gasteiger charge is -2.19. The van der Waals surface area contributed by atoms with E-state index in [1.807, 2.05) is 25.4 Å². The quantitative estimate of drug-likeness (QED) is 0.899. The Labute approximate surface area is 118 Å². The Morgan fingerprint density at radius 2 is 2.15 bits per heavy atom. The number of aromatic nitrogens is 2. The standard InChI is InChI=1S/C16H20FN3/c1-12(13-5-4-6-14(17)11-13)19-16-18-9-10-20(16)15-7-2-3-8-15/h4-6,9-12,15H,2-3,7-8H2,1H3,(H,18,19). The zero-order valence-corrected chi connectivity index (χ0v) is 11.7. The summed E-state index contributed by atoms with van der Waals surface area (Å²) in [6.07, 6.45) is 8.90. The number of rotatable bonds is 4. The van der Waals surface area contributed by atoms with E-state index < -0.39 is 0 Å². The topological polar surface area (TPSA) is 29.9 Å². The summed E-state index contributed by atoms with van der Waals surface area (Å²) in [6.45, 7) is 2.03. The van der Waals surface area contributed by atoms with E-state index in [9.17, 15) is 4.39 Å². The fourth-order valence-corrected chi connectivity index (χ4v) is 2.95. The van der Waals surface area contributed by atoms with Gasteiger partial charge >= 0.3 is 0 Å². The fourth-order valence-electron chi connectivity index (χ4n) is 2.95. The SMILES string of the molecule is CC(Nc1nccn1C1CCCC1)c1cccc(F)c1. The van der Waals surface area contributed by atoms with Crippen LogP contribution in [-0.4, -0.2) is 9.55 Å². The van der Waals surface area contributed by atoms with Gasteiger partial charge in [-0.15, -0.1) is 0 Å². The van der Waals surface area contributed by atoms with Gasteiger partial charge in [-0.25, -0.2) is 9.37 Å². The van der Waals surface area contributed by atoms with Gasteiger partial charge in [-0.2, -0.15) is 0 Å². The van der Waals surface area contributed by atoms with E-state index in [-0.39, 0.29) is 11.9 Å². The van der Waals surface area contributed by atoms with Gasteiger partial charge in [-0.1, -0.05) is 25.0 Å². The highest BCUT2D eigenvalue weighted by Gasteiger charge is 2.20. The maximum Gasteiger partial charge on any atom is 0.203 e. The van der Waals surface area contributed by atoms with Crippen molar-refractivity contribution in [3.05, 3.63) is 48.0 Å². The van der Waals surface area contributed by atoms with Gasteiger partial charge in [0.05, 0.1) is 6.04 Å². The van der Waals surface area contributed by atoms with Gasteiger partial charge in [-0.3, -0.25) is 0 Å². The average molecular weight is 273 g/mol. The Hall–Kier alpha value is -1.84. The number of imidazole rings is 1. The Morgan fingerprint density at radius 1 is 1.35 bits per heavy atom. The van der Waals surface area contributed by atoms with Crippen LogP contribution >= 0.6 is 0 Å². The van der Waals surface area contributed by atoms with E-state index in [2.05, 4.69) is 14.9 Å². The molecule has 0 amide bonds. The molecule has 0 bridgehead atoms. The van der Waals surface area contributed by atoms with Crippen molar-refractivity contribution in [1.82, 2.24) is 9.55 Å². The van der Waals surface area contributed by atoms with Gasteiger partial charge in [0.1, 0.15) is 5.82 Å². The molecule has 106 valence electrons. The third-order valence-corrected chi connectivity index (χ3v) is 4.08. The smallest absolute Gasteiger partial charge is 0.203 e. The number of benzene rings is 1. The molecular formula is C16H20FN3. The molecule has 1 aromatic heterocycles. The first-order valence-electron chi connectivity index (χ1n) is 7.29. The molecule has 0 spiro atoms. The highest BCUT2D eigenvalue weighted by atomic mass is 19.1. The molecule has 1 aliphatic rings. The summed E-state index contributed by atoms with van der Waals surface area (Å²) in [5.41, 5.74) is 0.936. The molecule has 20 heavy (non-hydrogen) atoms. The zero-order chi connectivity index (χ0) is 13.9. The van der Waals surface area contributed by atoms with Crippen molar-refractivity contribution in [3.63, 3.8) is 0 Å². The van der Waals surface area contributed by atoms with Crippen molar-refractivity contribution in [2.75, 3.05) is 5.32 Å². The second-order valence-corrected chi connectivity index (χ2v) is 5.52. The summed E-state index contributed by atoms with van der Waals surface area (Å²) in [5, 5.41) is 3.40. The monoisotopic (exact) mass is 273 g/mol. The first-order chi connectivity index (χ1) is 9.74. The number of anilines is 1. The summed E-state index contributed by atoms with van der Waals surface area (Å²) in [4.78, 5) is 4.41. The van der Waals surface area contributed by atoms with E-state index in [0.717, 1.165) is 11.5 Å². The van der Waals surface area contributed by atoms with Crippen molar-refractivity contribution in [1.29, 1.82) is 0 Å². The lowest BCUT2D eigenvalue weighted by atomic mass is 10.1. The van der Waals surface area contributed by atoms with Crippen LogP contribution in [0.5, 0.6) is 0 Å². The summed E-state index contributed by atoms with van der Waals surface area (Å²) in [6, 6.07) is 7.31. The predicted molar refractivity (Wildman–Crippen MR) is 78.2 cm³/mol. The Kier molecular flexibility index (Phi) is 3.72. The molecule has 1 N–H and O–H groups in total. The van der Waals surface area contributed by atoms with Crippen LogP contribution < -0.4 is 5.32 Å². The molecule has 1 heterocycles. The van der Waals surface area contributed by atoms with Crippen LogP contribution in [0.15, 0.2) is 36.7 Å². The van der Waals surface area contributed by atoms with Crippen molar-refractivity contribution in [2.24, 2.45) is 0 Å². The van der Waals surface area contributed by atoms with Crippen LogP contribution in [-0.2, 0) is 0 Å². The molecule has 2 aromatic rings. The molecule has 4 heteroatoms. The first kappa shape index (κ1) is 13.2. The molecule has 1 fully saturated rings. The van der Waals surface area contributed by atoms with Crippen LogP contribution in [0, 0.1) is 5.82 Å². The number of nitrogens with zero attached hydrogens (tertiary/aromatic N) is 2. The molecule has 0 aliphatic heterocycles. The number of nitrogens with one attached hydrogen (secondary N) is 1. The maximum absolute atomic E-state index is 13.3. The van der Waals surface area contributed by atoms with E-state index in [0.29, 0.717) is 6.04 Å². The molecule has 3 nitrogen and oxygen atoms in total. The minimum atomic E-state index is -0.199. The number of hydrogen-bond donors (Lipinski definition) is 1. The highest BCUT2D eigenvalue weighted by Crippen LogP contribution is 2.32. The van der Waals surface area contributed by atoms with E-state index >= 15 is 0 Å². The van der Waals surface area contributed by atoms with E-state index in [1.165, 1.54) is 31.7 Å². The van der Waals surface area contributed by atoms with Gasteiger partial charge in [0.2, 0.25) is 5.95 Å². The largest absolute Gasteiger partial charge is 0.349 e. The normalized spacial score (nSPS) is 17.3. The molecule has 1 saturated carbocycles. The second-order valence-electron chi connectivity index (χ2n) is 5.52. The number of hydrogen-bond acceptors (Lipinski definition) is 2. The minimum Gasteiger partial charge on any atom is -0.349 e. The summed E-state index contributed by atoms with van der Waals surface area (Å²) >= 11 is 0. The lowest BCUT2D eigenvalue weighted by Crippen LogP contribution is -2.14. The molecule has 3 rings (SSSR count). The van der Waals surface area contributed by atoms with Crippen molar-refractivity contribution < 1.29 is 4.39 Å². The Balaban J connectivity index is 1.76. The predicted octanol–water partition coefficient (Wildman–Crippen LogP) is 4.31. The molecule has 1 atom stereocenters. The highest BCUT2D eigenvalue weighted by molar-refractivity contribution is 5.33. The molecule has 0 radical (unpaired) electrons. The number of halogens is 1. The zero-order valence-electron chi connectivity index (χ0n) is 11.7. The second kappa shape index (κ2) is 5.65. The van der Waals surface area contributed by atoms with Crippen LogP contribution in [0.25, 0.3) is 0 Å². The first-order valence-corrected chi connectivity index (χ1v) is 7.29. The van der Waals surface area contributed by atoms with Crippen molar-refractivity contribution in [2.45, 2.75) is 44.7 Å². The molecular weight excluding hydrogens is 253 g/mol. The lowest BCUT2D eigenvalue weighted by molar-refractivity contribution is 0.521. The van der Waals surface area contributed by atoms with Gasteiger partial charge < -0.3 is 9.88 Å². The summed E-state index contributed by atoms with van der Waals surface area (Å²) < 4.78 is 15.5. The van der Waals surface area contributed by atoms with Gasteiger partial charge in [0, 0.05) is 18.4 Å². The summed E-state index contributed by atoms with van der Waals surface area (Å²) in [5.74, 6) is 0.684. The fraction of sp³-hybridized carbons (Fsp3) is 0.438. The van der Waals surface area contributed by atoms with E-state index in [4.69, 9.17) is 0 Å². The minimum absolute atomic E-state index is 0.0354. The summed E-state index contributed by atoms with van der Waals surface area (Å²) in [7, 11) is 0. The van der Waals surface area contributed by atoms with Gasteiger partial charge in [-0.05, 0) is 37.5 Å². The third-order valence-electron chi connectivity index (χ3n) is 4.08. The van der Waals surface area contributed by atoms with Crippen LogP contribution in [0.1, 0.15) is 50.3 Å². The van der Waals surface area contributed by atoms with Crippen LogP contribution in [0.4, 0.5) is 10.3 Å². The van der Waals surface area contributed by atoms with Crippen molar-refractivity contribution >= 4 is 5.95 Å². The average Bonchev–Trinajstić information content (AvgIpc) is 3.08. The Morgan fingerprint density at radius 3 is 2.90 bits per heavy atom. The third kappa shape index (κ3) is 2.69. The van der Waals surface area contributed by atoms with Gasteiger partial charge in [0.15, 0.2) is 0 Å². The van der Waals surface area contributed by atoms with Crippen LogP contribution in [0.2, 0.25) is 0 Å². The molecule has 0 saturated heterocycles.